The molecule has 0 atom stereocenters. The number of methoxy groups -OCH3 is 2. The SMILES string of the molecule is COc1c(CCCCN)ccc(C(F)(F)F)c1OC. The molecule has 0 aliphatic rings. The average Bonchev–Trinajstić information content (AvgIpc) is 2.36. The fraction of sp³-hybridized carbons (Fsp3) is 0.538. The highest BCUT2D eigenvalue weighted by Crippen LogP contribution is 2.43. The van der Waals surface area contributed by atoms with Crippen molar-refractivity contribution in [2.24, 2.45) is 5.73 Å². The van der Waals surface area contributed by atoms with Gasteiger partial charge in [0.25, 0.3) is 0 Å². The van der Waals surface area contributed by atoms with Gasteiger partial charge in [0, 0.05) is 0 Å². The lowest BCUT2D eigenvalue weighted by molar-refractivity contribution is -0.138. The largest absolute Gasteiger partial charge is 0.493 e. The van der Waals surface area contributed by atoms with Crippen molar-refractivity contribution in [3.05, 3.63) is 23.3 Å². The number of ether oxygens (including phenoxy) is 2. The molecule has 0 saturated carbocycles. The van der Waals surface area contributed by atoms with Crippen molar-refractivity contribution in [3.63, 3.8) is 0 Å². The number of halogens is 3. The van der Waals surface area contributed by atoms with Gasteiger partial charge in [-0.2, -0.15) is 13.2 Å². The van der Waals surface area contributed by atoms with Gasteiger partial charge in [-0.1, -0.05) is 6.07 Å². The van der Waals surface area contributed by atoms with Crippen LogP contribution in [0.15, 0.2) is 12.1 Å². The molecule has 1 aromatic rings. The maximum atomic E-state index is 12.8. The predicted molar refractivity (Wildman–Crippen MR) is 66.5 cm³/mol. The monoisotopic (exact) mass is 277 g/mol. The van der Waals surface area contributed by atoms with Crippen molar-refractivity contribution in [2.75, 3.05) is 20.8 Å². The van der Waals surface area contributed by atoms with E-state index in [2.05, 4.69) is 0 Å². The summed E-state index contributed by atoms with van der Waals surface area (Å²) in [7, 11) is 2.54. The standard InChI is InChI=1S/C13H18F3NO2/c1-18-11-9(5-3-4-8-17)6-7-10(12(11)19-2)13(14,15)16/h6-7H,3-5,8,17H2,1-2H3. The number of rotatable bonds is 6. The predicted octanol–water partition coefficient (Wildman–Crippen LogP) is 3.00. The Hall–Kier alpha value is -1.43. The summed E-state index contributed by atoms with van der Waals surface area (Å²) >= 11 is 0. The lowest BCUT2D eigenvalue weighted by atomic mass is 10.0. The van der Waals surface area contributed by atoms with E-state index in [0.29, 0.717) is 18.5 Å². The summed E-state index contributed by atoms with van der Waals surface area (Å²) in [5.41, 5.74) is 5.27. The molecular formula is C13H18F3NO2. The zero-order valence-electron chi connectivity index (χ0n) is 11.0. The minimum Gasteiger partial charge on any atom is -0.493 e. The molecule has 0 amide bonds. The van der Waals surface area contributed by atoms with E-state index >= 15 is 0 Å². The van der Waals surface area contributed by atoms with Gasteiger partial charge in [0.2, 0.25) is 0 Å². The van der Waals surface area contributed by atoms with E-state index in [1.165, 1.54) is 20.3 Å². The molecule has 0 aliphatic heterocycles. The summed E-state index contributed by atoms with van der Waals surface area (Å²) < 4.78 is 48.5. The van der Waals surface area contributed by atoms with Crippen LogP contribution in [0.3, 0.4) is 0 Å². The summed E-state index contributed by atoms with van der Waals surface area (Å²) in [5.74, 6) is -0.116. The van der Waals surface area contributed by atoms with Crippen LogP contribution in [0.2, 0.25) is 0 Å². The van der Waals surface area contributed by atoms with Crippen LogP contribution in [0.25, 0.3) is 0 Å². The fourth-order valence-corrected chi connectivity index (χ4v) is 1.91. The normalized spacial score (nSPS) is 11.5. The third-order valence-corrected chi connectivity index (χ3v) is 2.81. The molecule has 0 heterocycles. The molecular weight excluding hydrogens is 259 g/mol. The van der Waals surface area contributed by atoms with Crippen molar-refractivity contribution in [2.45, 2.75) is 25.4 Å². The van der Waals surface area contributed by atoms with E-state index in [0.717, 1.165) is 18.9 Å². The van der Waals surface area contributed by atoms with Gasteiger partial charge in [-0.15, -0.1) is 0 Å². The maximum absolute atomic E-state index is 12.8. The third-order valence-electron chi connectivity index (χ3n) is 2.81. The molecule has 1 aromatic carbocycles. The van der Waals surface area contributed by atoms with Gasteiger partial charge in [-0.25, -0.2) is 0 Å². The highest BCUT2D eigenvalue weighted by molar-refractivity contribution is 5.53. The Morgan fingerprint density at radius 3 is 2.16 bits per heavy atom. The molecule has 2 N–H and O–H groups in total. The minimum absolute atomic E-state index is 0.148. The van der Waals surface area contributed by atoms with Crippen molar-refractivity contribution in [1.82, 2.24) is 0 Å². The highest BCUT2D eigenvalue weighted by atomic mass is 19.4. The number of hydrogen-bond donors (Lipinski definition) is 1. The number of hydrogen-bond acceptors (Lipinski definition) is 3. The fourth-order valence-electron chi connectivity index (χ4n) is 1.91. The molecule has 0 saturated heterocycles. The van der Waals surface area contributed by atoms with Gasteiger partial charge in [0.15, 0.2) is 11.5 Å². The number of unbranched alkanes of at least 4 members (excludes halogenated alkanes) is 1. The third kappa shape index (κ3) is 3.76. The van der Waals surface area contributed by atoms with Crippen molar-refractivity contribution < 1.29 is 22.6 Å². The average molecular weight is 277 g/mol. The van der Waals surface area contributed by atoms with Crippen LogP contribution in [0.4, 0.5) is 13.2 Å². The zero-order valence-corrected chi connectivity index (χ0v) is 11.0. The van der Waals surface area contributed by atoms with Crippen LogP contribution in [0.1, 0.15) is 24.0 Å². The molecule has 19 heavy (non-hydrogen) atoms. The van der Waals surface area contributed by atoms with Crippen LogP contribution in [0.5, 0.6) is 11.5 Å². The van der Waals surface area contributed by atoms with Crippen LogP contribution in [-0.4, -0.2) is 20.8 Å². The Kier molecular flexibility index (Phi) is 5.47. The van der Waals surface area contributed by atoms with Crippen LogP contribution in [-0.2, 0) is 12.6 Å². The van der Waals surface area contributed by atoms with Crippen molar-refractivity contribution >= 4 is 0 Å². The van der Waals surface area contributed by atoms with E-state index in [9.17, 15) is 13.2 Å². The Labute approximate surface area is 110 Å². The Bertz CT molecular complexity index is 419. The number of nitrogens with two attached hydrogens (primary N) is 1. The second-order valence-corrected chi connectivity index (χ2v) is 4.08. The lowest BCUT2D eigenvalue weighted by Gasteiger charge is -2.18. The number of benzene rings is 1. The second-order valence-electron chi connectivity index (χ2n) is 4.08. The highest BCUT2D eigenvalue weighted by Gasteiger charge is 2.36. The van der Waals surface area contributed by atoms with Gasteiger partial charge < -0.3 is 15.2 Å². The Morgan fingerprint density at radius 1 is 1.05 bits per heavy atom. The van der Waals surface area contributed by atoms with Crippen LogP contribution in [0, 0.1) is 0 Å². The topological polar surface area (TPSA) is 44.5 Å². The molecule has 108 valence electrons. The molecule has 0 radical (unpaired) electrons. The summed E-state index contributed by atoms with van der Waals surface area (Å²) in [6.07, 6.45) is -2.25. The quantitative estimate of drug-likeness (QED) is 0.813. The van der Waals surface area contributed by atoms with E-state index < -0.39 is 11.7 Å². The van der Waals surface area contributed by atoms with Crippen LogP contribution >= 0.6 is 0 Å². The van der Waals surface area contributed by atoms with Gasteiger partial charge in [-0.3, -0.25) is 0 Å². The van der Waals surface area contributed by atoms with Gasteiger partial charge >= 0.3 is 6.18 Å². The first-order valence-electron chi connectivity index (χ1n) is 5.96. The molecule has 0 bridgehead atoms. The van der Waals surface area contributed by atoms with Gasteiger partial charge in [0.1, 0.15) is 5.56 Å². The van der Waals surface area contributed by atoms with E-state index in [1.54, 1.807) is 0 Å². The number of alkyl halides is 3. The van der Waals surface area contributed by atoms with Crippen LogP contribution < -0.4 is 15.2 Å². The van der Waals surface area contributed by atoms with Crippen molar-refractivity contribution in [1.29, 1.82) is 0 Å². The molecule has 0 unspecified atom stereocenters. The van der Waals surface area contributed by atoms with Crippen molar-refractivity contribution in [3.8, 4) is 11.5 Å². The summed E-state index contributed by atoms with van der Waals surface area (Å²) in [6, 6.07) is 2.46. The van der Waals surface area contributed by atoms with E-state index in [-0.39, 0.29) is 11.5 Å². The first-order chi connectivity index (χ1) is 8.95. The maximum Gasteiger partial charge on any atom is 0.420 e. The van der Waals surface area contributed by atoms with E-state index in [4.69, 9.17) is 15.2 Å². The molecule has 0 aromatic heterocycles. The Balaban J connectivity index is 3.15. The first-order valence-corrected chi connectivity index (χ1v) is 5.96. The van der Waals surface area contributed by atoms with Gasteiger partial charge in [0.05, 0.1) is 14.2 Å². The smallest absolute Gasteiger partial charge is 0.420 e. The Morgan fingerprint density at radius 2 is 1.68 bits per heavy atom. The molecule has 1 rings (SSSR count). The molecule has 0 aliphatic carbocycles. The number of aryl methyl sites for hydroxylation is 1. The minimum atomic E-state index is -4.46. The summed E-state index contributed by atoms with van der Waals surface area (Å²) in [4.78, 5) is 0. The first kappa shape index (κ1) is 15.6. The summed E-state index contributed by atoms with van der Waals surface area (Å²) in [5, 5.41) is 0. The second kappa shape index (κ2) is 6.65. The molecule has 0 spiro atoms. The van der Waals surface area contributed by atoms with E-state index in [1.807, 2.05) is 0 Å². The summed E-state index contributed by atoms with van der Waals surface area (Å²) in [6.45, 7) is 0.556. The van der Waals surface area contributed by atoms with Gasteiger partial charge in [-0.05, 0) is 37.4 Å². The lowest BCUT2D eigenvalue weighted by Crippen LogP contribution is -2.10. The molecule has 6 heteroatoms. The zero-order chi connectivity index (χ0) is 14.5. The molecule has 3 nitrogen and oxygen atoms in total. The molecule has 0 fully saturated rings.